The minimum Gasteiger partial charge on any atom is -0.341 e. The number of benzene rings is 1. The molecule has 6 nitrogen and oxygen atoms in total. The third kappa shape index (κ3) is 2.34. The van der Waals surface area contributed by atoms with Crippen molar-refractivity contribution in [2.45, 2.75) is 25.3 Å². The Kier molecular flexibility index (Phi) is 3.60. The van der Waals surface area contributed by atoms with Crippen LogP contribution < -0.4 is 5.32 Å². The Hall–Kier alpha value is -2.37. The number of amides is 4. The summed E-state index contributed by atoms with van der Waals surface area (Å²) in [7, 11) is 0. The summed E-state index contributed by atoms with van der Waals surface area (Å²) in [6, 6.07) is 8.57. The van der Waals surface area contributed by atoms with E-state index in [1.54, 1.807) is 24.0 Å². The van der Waals surface area contributed by atoms with Gasteiger partial charge in [0.05, 0.1) is 0 Å². The van der Waals surface area contributed by atoms with Crippen molar-refractivity contribution in [2.75, 3.05) is 19.6 Å². The molecule has 2 aliphatic rings. The second-order valence-electron chi connectivity index (χ2n) is 5.90. The predicted molar refractivity (Wildman–Crippen MR) is 79.9 cm³/mol. The molecule has 1 aromatic rings. The molecule has 2 heterocycles. The lowest BCUT2D eigenvalue weighted by Gasteiger charge is -2.23. The Morgan fingerprint density at radius 2 is 1.82 bits per heavy atom. The van der Waals surface area contributed by atoms with Crippen LogP contribution in [0.3, 0.4) is 0 Å². The number of nitrogens with one attached hydrogen (secondary N) is 1. The van der Waals surface area contributed by atoms with Crippen molar-refractivity contribution in [1.29, 1.82) is 0 Å². The van der Waals surface area contributed by atoms with Crippen molar-refractivity contribution in [3.05, 3.63) is 35.9 Å². The minimum absolute atomic E-state index is 0.168. The summed E-state index contributed by atoms with van der Waals surface area (Å²) in [5.41, 5.74) is -0.395. The van der Waals surface area contributed by atoms with Crippen molar-refractivity contribution in [2.24, 2.45) is 0 Å². The van der Waals surface area contributed by atoms with Crippen molar-refractivity contribution in [1.82, 2.24) is 15.1 Å². The molecule has 0 aromatic heterocycles. The molecule has 1 aromatic carbocycles. The van der Waals surface area contributed by atoms with E-state index in [0.717, 1.165) is 17.7 Å². The molecular formula is C16H19N3O3. The van der Waals surface area contributed by atoms with E-state index >= 15 is 0 Å². The SMILES string of the molecule is CC1(c2ccccc2)NC(=O)N(CC(=O)N2CCCC2)C1=O. The molecule has 4 amide bonds. The lowest BCUT2D eigenvalue weighted by molar-refractivity contribution is -0.138. The Morgan fingerprint density at radius 1 is 1.18 bits per heavy atom. The van der Waals surface area contributed by atoms with Gasteiger partial charge in [0.25, 0.3) is 5.91 Å². The molecule has 0 radical (unpaired) electrons. The number of rotatable bonds is 3. The molecular weight excluding hydrogens is 282 g/mol. The number of likely N-dealkylation sites (tertiary alicyclic amines) is 1. The van der Waals surface area contributed by atoms with Gasteiger partial charge in [-0.2, -0.15) is 0 Å². The molecule has 2 saturated heterocycles. The van der Waals surface area contributed by atoms with E-state index in [9.17, 15) is 14.4 Å². The summed E-state index contributed by atoms with van der Waals surface area (Å²) in [5.74, 6) is -0.547. The van der Waals surface area contributed by atoms with Crippen LogP contribution in [-0.2, 0) is 15.1 Å². The zero-order valence-electron chi connectivity index (χ0n) is 12.5. The number of hydrogen-bond acceptors (Lipinski definition) is 3. The molecule has 6 heteroatoms. The number of imide groups is 1. The van der Waals surface area contributed by atoms with Crippen LogP contribution in [0.25, 0.3) is 0 Å². The topological polar surface area (TPSA) is 69.7 Å². The van der Waals surface area contributed by atoms with Gasteiger partial charge in [-0.3, -0.25) is 14.5 Å². The van der Waals surface area contributed by atoms with E-state index in [4.69, 9.17) is 0 Å². The minimum atomic E-state index is -1.11. The molecule has 0 spiro atoms. The van der Waals surface area contributed by atoms with Crippen LogP contribution >= 0.6 is 0 Å². The second kappa shape index (κ2) is 5.44. The van der Waals surface area contributed by atoms with Gasteiger partial charge in [-0.15, -0.1) is 0 Å². The lowest BCUT2D eigenvalue weighted by atomic mass is 9.92. The number of nitrogens with zero attached hydrogens (tertiary/aromatic N) is 2. The molecule has 1 atom stereocenters. The zero-order chi connectivity index (χ0) is 15.7. The largest absolute Gasteiger partial charge is 0.341 e. The summed E-state index contributed by atoms with van der Waals surface area (Å²) >= 11 is 0. The van der Waals surface area contributed by atoms with Gasteiger partial charge in [0.2, 0.25) is 5.91 Å². The van der Waals surface area contributed by atoms with Gasteiger partial charge in [-0.05, 0) is 25.3 Å². The summed E-state index contributed by atoms with van der Waals surface area (Å²) in [5, 5.41) is 2.71. The van der Waals surface area contributed by atoms with Gasteiger partial charge in [-0.25, -0.2) is 4.79 Å². The number of carbonyl (C=O) groups is 3. The van der Waals surface area contributed by atoms with E-state index in [1.165, 1.54) is 0 Å². The molecule has 0 saturated carbocycles. The molecule has 22 heavy (non-hydrogen) atoms. The first-order chi connectivity index (χ1) is 10.5. The van der Waals surface area contributed by atoms with Crippen LogP contribution in [0.2, 0.25) is 0 Å². The molecule has 3 rings (SSSR count). The number of hydrogen-bond donors (Lipinski definition) is 1. The van der Waals surface area contributed by atoms with Crippen LogP contribution in [0.15, 0.2) is 30.3 Å². The summed E-state index contributed by atoms with van der Waals surface area (Å²) in [4.78, 5) is 39.7. The smallest absolute Gasteiger partial charge is 0.325 e. The molecule has 116 valence electrons. The van der Waals surface area contributed by atoms with Crippen LogP contribution in [-0.4, -0.2) is 47.3 Å². The van der Waals surface area contributed by atoms with Gasteiger partial charge in [-0.1, -0.05) is 30.3 Å². The Labute approximate surface area is 129 Å². The molecule has 2 aliphatic heterocycles. The maximum Gasteiger partial charge on any atom is 0.325 e. The van der Waals surface area contributed by atoms with E-state index in [0.29, 0.717) is 18.7 Å². The summed E-state index contributed by atoms with van der Waals surface area (Å²) < 4.78 is 0. The fourth-order valence-electron chi connectivity index (χ4n) is 3.01. The lowest BCUT2D eigenvalue weighted by Crippen LogP contribution is -2.43. The summed E-state index contributed by atoms with van der Waals surface area (Å²) in [6.07, 6.45) is 1.96. The third-order valence-corrected chi connectivity index (χ3v) is 4.38. The summed E-state index contributed by atoms with van der Waals surface area (Å²) in [6.45, 7) is 2.90. The van der Waals surface area contributed by atoms with Crippen LogP contribution in [0.4, 0.5) is 4.79 Å². The monoisotopic (exact) mass is 301 g/mol. The highest BCUT2D eigenvalue weighted by atomic mass is 16.2. The van der Waals surface area contributed by atoms with Crippen molar-refractivity contribution >= 4 is 17.8 Å². The van der Waals surface area contributed by atoms with E-state index < -0.39 is 11.6 Å². The zero-order valence-corrected chi connectivity index (χ0v) is 12.5. The standard InChI is InChI=1S/C16H19N3O3/c1-16(12-7-3-2-4-8-12)14(21)19(15(22)17-16)11-13(20)18-9-5-6-10-18/h2-4,7-8H,5-6,9-11H2,1H3,(H,17,22). The quantitative estimate of drug-likeness (QED) is 0.849. The van der Waals surface area contributed by atoms with Crippen LogP contribution in [0.5, 0.6) is 0 Å². The average molecular weight is 301 g/mol. The maximum atomic E-state index is 12.7. The van der Waals surface area contributed by atoms with E-state index in [-0.39, 0.29) is 18.4 Å². The highest BCUT2D eigenvalue weighted by Gasteiger charge is 2.49. The Balaban J connectivity index is 1.78. The molecule has 0 bridgehead atoms. The fraction of sp³-hybridized carbons (Fsp3) is 0.438. The Bertz CT molecular complexity index is 610. The second-order valence-corrected chi connectivity index (χ2v) is 5.90. The van der Waals surface area contributed by atoms with Gasteiger partial charge in [0.15, 0.2) is 0 Å². The van der Waals surface area contributed by atoms with Crippen molar-refractivity contribution < 1.29 is 14.4 Å². The van der Waals surface area contributed by atoms with Crippen molar-refractivity contribution in [3.8, 4) is 0 Å². The van der Waals surface area contributed by atoms with Gasteiger partial charge in [0.1, 0.15) is 12.1 Å². The maximum absolute atomic E-state index is 12.7. The highest BCUT2D eigenvalue weighted by molar-refractivity contribution is 6.09. The van der Waals surface area contributed by atoms with Crippen LogP contribution in [0.1, 0.15) is 25.3 Å². The van der Waals surface area contributed by atoms with Gasteiger partial charge >= 0.3 is 6.03 Å². The van der Waals surface area contributed by atoms with Crippen LogP contribution in [0, 0.1) is 0 Å². The average Bonchev–Trinajstić information content (AvgIpc) is 3.12. The van der Waals surface area contributed by atoms with Gasteiger partial charge < -0.3 is 10.2 Å². The molecule has 2 fully saturated rings. The first kappa shape index (κ1) is 14.6. The normalized spacial score (nSPS) is 24.8. The van der Waals surface area contributed by atoms with E-state index in [2.05, 4.69) is 5.32 Å². The first-order valence-electron chi connectivity index (χ1n) is 7.50. The van der Waals surface area contributed by atoms with Crippen molar-refractivity contribution in [3.63, 3.8) is 0 Å². The number of urea groups is 1. The molecule has 1 N–H and O–H groups in total. The Morgan fingerprint density at radius 3 is 2.45 bits per heavy atom. The fourth-order valence-corrected chi connectivity index (χ4v) is 3.01. The first-order valence-corrected chi connectivity index (χ1v) is 7.50. The molecule has 0 aliphatic carbocycles. The molecule has 1 unspecified atom stereocenters. The predicted octanol–water partition coefficient (Wildman–Crippen LogP) is 1.08. The number of carbonyl (C=O) groups excluding carboxylic acids is 3. The third-order valence-electron chi connectivity index (χ3n) is 4.38. The van der Waals surface area contributed by atoms with E-state index in [1.807, 2.05) is 18.2 Å². The highest BCUT2D eigenvalue weighted by Crippen LogP contribution is 2.28. The van der Waals surface area contributed by atoms with Gasteiger partial charge in [0, 0.05) is 13.1 Å².